The molecule has 7 nitrogen and oxygen atoms in total. The zero-order chi connectivity index (χ0) is 20.8. The molecule has 0 saturated carbocycles. The van der Waals surface area contributed by atoms with E-state index in [4.69, 9.17) is 4.42 Å². The number of hydrogen-bond donors (Lipinski definition) is 1. The van der Waals surface area contributed by atoms with E-state index in [0.29, 0.717) is 37.6 Å². The van der Waals surface area contributed by atoms with E-state index >= 15 is 0 Å². The van der Waals surface area contributed by atoms with Gasteiger partial charge in [-0.25, -0.2) is 8.42 Å². The summed E-state index contributed by atoms with van der Waals surface area (Å²) in [6, 6.07) is 9.55. The van der Waals surface area contributed by atoms with Gasteiger partial charge in [0.05, 0.1) is 0 Å². The molecule has 1 aliphatic rings. The summed E-state index contributed by atoms with van der Waals surface area (Å²) in [5, 5.41) is 7.08. The molecule has 1 aliphatic heterocycles. The molecule has 0 amide bonds. The summed E-state index contributed by atoms with van der Waals surface area (Å²) in [5.74, 6) is 0.458. The summed E-state index contributed by atoms with van der Waals surface area (Å²) < 4.78 is 33.3. The van der Waals surface area contributed by atoms with Crippen LogP contribution in [0.1, 0.15) is 22.4 Å². The smallest absolute Gasteiger partial charge is 0.276 e. The summed E-state index contributed by atoms with van der Waals surface area (Å²) in [4.78, 5) is 2.25. The molecule has 0 radical (unpaired) electrons. The second kappa shape index (κ2) is 7.35. The number of hydrogen-bond acceptors (Lipinski definition) is 5. The van der Waals surface area contributed by atoms with Crippen molar-refractivity contribution in [2.75, 3.05) is 31.1 Å². The van der Waals surface area contributed by atoms with Gasteiger partial charge in [0.25, 0.3) is 10.0 Å². The first-order valence-electron chi connectivity index (χ1n) is 9.71. The molecule has 1 N–H and O–H groups in total. The molecule has 29 heavy (non-hydrogen) atoms. The third-order valence-electron chi connectivity index (χ3n) is 5.61. The van der Waals surface area contributed by atoms with E-state index < -0.39 is 10.0 Å². The van der Waals surface area contributed by atoms with Gasteiger partial charge in [-0.15, -0.1) is 0 Å². The minimum Gasteiger partial charge on any atom is -0.442 e. The summed E-state index contributed by atoms with van der Waals surface area (Å²) in [7, 11) is -3.68. The van der Waals surface area contributed by atoms with E-state index in [9.17, 15) is 8.42 Å². The van der Waals surface area contributed by atoms with Crippen molar-refractivity contribution in [2.24, 2.45) is 0 Å². The molecule has 1 saturated heterocycles. The lowest BCUT2D eigenvalue weighted by Gasteiger charge is -2.35. The highest BCUT2D eigenvalue weighted by Crippen LogP contribution is 2.29. The maximum Gasteiger partial charge on any atom is 0.276 e. The van der Waals surface area contributed by atoms with Gasteiger partial charge in [-0.1, -0.05) is 12.1 Å². The van der Waals surface area contributed by atoms with Gasteiger partial charge in [0.2, 0.25) is 5.09 Å². The van der Waals surface area contributed by atoms with Crippen molar-refractivity contribution < 1.29 is 12.8 Å². The van der Waals surface area contributed by atoms with Crippen LogP contribution in [0.2, 0.25) is 0 Å². The van der Waals surface area contributed by atoms with Gasteiger partial charge in [-0.2, -0.15) is 9.40 Å². The number of nitrogens with zero attached hydrogens (tertiary/aromatic N) is 3. The minimum absolute atomic E-state index is 0.0345. The number of furan rings is 1. The number of sulfonamides is 1. The number of nitrogens with one attached hydrogen (secondary N) is 1. The highest BCUT2D eigenvalue weighted by molar-refractivity contribution is 7.89. The van der Waals surface area contributed by atoms with E-state index in [1.165, 1.54) is 27.2 Å². The van der Waals surface area contributed by atoms with Gasteiger partial charge < -0.3 is 9.32 Å². The molecule has 3 aromatic rings. The van der Waals surface area contributed by atoms with E-state index in [1.54, 1.807) is 6.07 Å². The number of anilines is 1. The van der Waals surface area contributed by atoms with Crippen LogP contribution in [0, 0.1) is 27.7 Å². The number of aromatic nitrogens is 2. The van der Waals surface area contributed by atoms with Crippen LogP contribution in [0.15, 0.2) is 39.8 Å². The van der Waals surface area contributed by atoms with Gasteiger partial charge in [0, 0.05) is 43.1 Å². The van der Waals surface area contributed by atoms with Crippen LogP contribution >= 0.6 is 0 Å². The lowest BCUT2D eigenvalue weighted by Crippen LogP contribution is -2.48. The molecular formula is C21H26N4O3S. The molecule has 0 bridgehead atoms. The quantitative estimate of drug-likeness (QED) is 0.707. The SMILES string of the molecule is Cc1ccc(C)c(N2CCN(S(=O)(=O)c3ccc(-c4n[nH]c(C)c4C)o3)CC2)c1. The molecule has 4 rings (SSSR count). The maximum absolute atomic E-state index is 13.1. The van der Waals surface area contributed by atoms with E-state index in [-0.39, 0.29) is 5.09 Å². The molecule has 0 aliphatic carbocycles. The molecule has 1 aromatic carbocycles. The average molecular weight is 415 g/mol. The molecule has 0 spiro atoms. The van der Waals surface area contributed by atoms with E-state index in [0.717, 1.165) is 11.3 Å². The van der Waals surface area contributed by atoms with E-state index in [1.807, 2.05) is 13.8 Å². The normalized spacial score (nSPS) is 15.8. The summed E-state index contributed by atoms with van der Waals surface area (Å²) in [6.07, 6.45) is 0. The lowest BCUT2D eigenvalue weighted by atomic mass is 10.1. The molecule has 154 valence electrons. The third kappa shape index (κ3) is 3.58. The van der Waals surface area contributed by atoms with Crippen molar-refractivity contribution in [3.8, 4) is 11.5 Å². The van der Waals surface area contributed by atoms with Crippen molar-refractivity contribution in [2.45, 2.75) is 32.8 Å². The Morgan fingerprint density at radius 2 is 1.72 bits per heavy atom. The van der Waals surface area contributed by atoms with Gasteiger partial charge in [0.15, 0.2) is 5.76 Å². The fourth-order valence-corrected chi connectivity index (χ4v) is 5.00. The lowest BCUT2D eigenvalue weighted by molar-refractivity contribution is 0.363. The number of piperazine rings is 1. The van der Waals surface area contributed by atoms with Crippen molar-refractivity contribution >= 4 is 15.7 Å². The summed E-state index contributed by atoms with van der Waals surface area (Å²) in [5.41, 5.74) is 6.10. The number of rotatable bonds is 4. The van der Waals surface area contributed by atoms with Crippen LogP contribution < -0.4 is 4.90 Å². The Morgan fingerprint density at radius 3 is 2.38 bits per heavy atom. The zero-order valence-corrected chi connectivity index (χ0v) is 18.0. The Hall–Kier alpha value is -2.58. The Morgan fingerprint density at radius 1 is 1.00 bits per heavy atom. The van der Waals surface area contributed by atoms with Crippen molar-refractivity contribution in [1.29, 1.82) is 0 Å². The zero-order valence-electron chi connectivity index (χ0n) is 17.2. The molecule has 8 heteroatoms. The first kappa shape index (κ1) is 19.7. The molecule has 1 fully saturated rings. The Labute approximate surface area is 171 Å². The van der Waals surface area contributed by atoms with Crippen molar-refractivity contribution in [3.05, 3.63) is 52.7 Å². The standard InChI is InChI=1S/C21H26N4O3S/c1-14-5-6-15(2)18(13-14)24-9-11-25(12-10-24)29(26,27)20-8-7-19(28-20)21-16(3)17(4)22-23-21/h5-8,13H,9-12H2,1-4H3,(H,22,23). The number of aromatic amines is 1. The largest absolute Gasteiger partial charge is 0.442 e. The number of benzene rings is 1. The van der Waals surface area contributed by atoms with Crippen molar-refractivity contribution in [3.63, 3.8) is 0 Å². The number of H-pyrrole nitrogens is 1. The van der Waals surface area contributed by atoms with Gasteiger partial charge in [-0.05, 0) is 57.0 Å². The van der Waals surface area contributed by atoms with Crippen LogP contribution in [0.25, 0.3) is 11.5 Å². The van der Waals surface area contributed by atoms with Crippen LogP contribution in [0.5, 0.6) is 0 Å². The Balaban J connectivity index is 1.51. The second-order valence-electron chi connectivity index (χ2n) is 7.62. The predicted octanol–water partition coefficient (Wildman–Crippen LogP) is 3.41. The van der Waals surface area contributed by atoms with Crippen molar-refractivity contribution in [1.82, 2.24) is 14.5 Å². The van der Waals surface area contributed by atoms with E-state index in [2.05, 4.69) is 47.1 Å². The predicted molar refractivity (Wildman–Crippen MR) is 113 cm³/mol. The molecule has 0 atom stereocenters. The van der Waals surface area contributed by atoms with Crippen LogP contribution in [-0.2, 0) is 10.0 Å². The first-order valence-corrected chi connectivity index (χ1v) is 11.2. The first-order chi connectivity index (χ1) is 13.8. The molecular weight excluding hydrogens is 388 g/mol. The topological polar surface area (TPSA) is 82.4 Å². The minimum atomic E-state index is -3.68. The second-order valence-corrected chi connectivity index (χ2v) is 9.49. The van der Waals surface area contributed by atoms with Gasteiger partial charge in [-0.3, -0.25) is 5.10 Å². The Bertz CT molecular complexity index is 1140. The monoisotopic (exact) mass is 414 g/mol. The van der Waals surface area contributed by atoms with Gasteiger partial charge >= 0.3 is 0 Å². The maximum atomic E-state index is 13.1. The highest BCUT2D eigenvalue weighted by Gasteiger charge is 2.31. The molecule has 3 heterocycles. The molecule has 2 aromatic heterocycles. The summed E-state index contributed by atoms with van der Waals surface area (Å²) >= 11 is 0. The van der Waals surface area contributed by atoms with Crippen LogP contribution in [-0.4, -0.2) is 49.1 Å². The average Bonchev–Trinajstić information content (AvgIpc) is 3.32. The fraction of sp³-hybridized carbons (Fsp3) is 0.381. The van der Waals surface area contributed by atoms with Crippen LogP contribution in [0.4, 0.5) is 5.69 Å². The fourth-order valence-electron chi connectivity index (χ4n) is 3.67. The summed E-state index contributed by atoms with van der Waals surface area (Å²) in [6.45, 7) is 10.1. The van der Waals surface area contributed by atoms with Gasteiger partial charge in [0.1, 0.15) is 5.69 Å². The third-order valence-corrected chi connectivity index (χ3v) is 7.38. The molecule has 0 unspecified atom stereocenters. The number of aryl methyl sites for hydroxylation is 3. The van der Waals surface area contributed by atoms with Crippen LogP contribution in [0.3, 0.4) is 0 Å². The highest BCUT2D eigenvalue weighted by atomic mass is 32.2. The Kier molecular flexibility index (Phi) is 5.00.